The van der Waals surface area contributed by atoms with Crippen molar-refractivity contribution in [3.8, 4) is 0 Å². The zero-order valence-corrected chi connectivity index (χ0v) is 14.6. The van der Waals surface area contributed by atoms with Crippen LogP contribution in [0.15, 0.2) is 23.8 Å². The monoisotopic (exact) mass is 314 g/mol. The highest BCUT2D eigenvalue weighted by Gasteiger charge is 2.62. The molecule has 0 spiro atoms. The van der Waals surface area contributed by atoms with E-state index in [2.05, 4.69) is 20.4 Å². The minimum Gasteiger partial charge on any atom is -0.390 e. The third kappa shape index (κ3) is 2.00. The number of carbonyl (C=O) groups excluding carboxylic acids is 1. The third-order valence-corrected chi connectivity index (χ3v) is 8.07. The highest BCUT2D eigenvalue weighted by Crippen LogP contribution is 2.67. The topological polar surface area (TPSA) is 37.3 Å². The first kappa shape index (κ1) is 15.6. The Hall–Kier alpha value is -0.890. The second kappa shape index (κ2) is 5.05. The van der Waals surface area contributed by atoms with Gasteiger partial charge in [0.2, 0.25) is 0 Å². The van der Waals surface area contributed by atoms with Crippen LogP contribution in [0.5, 0.6) is 0 Å². The largest absolute Gasteiger partial charge is 0.390 e. The molecule has 0 aromatic carbocycles. The van der Waals surface area contributed by atoms with Crippen LogP contribution < -0.4 is 0 Å². The first-order chi connectivity index (χ1) is 10.9. The van der Waals surface area contributed by atoms with Crippen LogP contribution >= 0.6 is 0 Å². The van der Waals surface area contributed by atoms with Crippen molar-refractivity contribution in [3.63, 3.8) is 0 Å². The van der Waals surface area contributed by atoms with Crippen molar-refractivity contribution in [3.05, 3.63) is 23.8 Å². The van der Waals surface area contributed by atoms with Gasteiger partial charge in [0.25, 0.3) is 0 Å². The molecule has 0 amide bonds. The summed E-state index contributed by atoms with van der Waals surface area (Å²) in [6.07, 6.45) is 10.1. The van der Waals surface area contributed by atoms with E-state index in [4.69, 9.17) is 0 Å². The average Bonchev–Trinajstić information content (AvgIpc) is 2.78. The van der Waals surface area contributed by atoms with E-state index in [1.807, 2.05) is 6.08 Å². The van der Waals surface area contributed by atoms with Gasteiger partial charge in [-0.3, -0.25) is 4.79 Å². The summed E-state index contributed by atoms with van der Waals surface area (Å²) in [5, 5.41) is 11.1. The molecule has 5 unspecified atom stereocenters. The van der Waals surface area contributed by atoms with Gasteiger partial charge in [-0.25, -0.2) is 0 Å². The van der Waals surface area contributed by atoms with Gasteiger partial charge >= 0.3 is 0 Å². The summed E-state index contributed by atoms with van der Waals surface area (Å²) in [6.45, 7) is 8.83. The molecule has 2 nitrogen and oxygen atoms in total. The Morgan fingerprint density at radius 3 is 2.83 bits per heavy atom. The maximum Gasteiger partial charge on any atom is 0.155 e. The Labute approximate surface area is 140 Å². The van der Waals surface area contributed by atoms with Gasteiger partial charge in [-0.1, -0.05) is 24.6 Å². The van der Waals surface area contributed by atoms with Gasteiger partial charge in [0.1, 0.15) is 0 Å². The lowest BCUT2D eigenvalue weighted by Crippen LogP contribution is -2.53. The van der Waals surface area contributed by atoms with E-state index in [1.54, 1.807) is 0 Å². The van der Waals surface area contributed by atoms with E-state index in [1.165, 1.54) is 24.0 Å². The number of aliphatic hydroxyl groups is 1. The van der Waals surface area contributed by atoms with Gasteiger partial charge in [0.15, 0.2) is 5.78 Å². The number of hydrogen-bond donors (Lipinski definition) is 1. The zero-order chi connectivity index (χ0) is 16.4. The molecular weight excluding hydrogens is 284 g/mol. The molecule has 0 saturated heterocycles. The van der Waals surface area contributed by atoms with E-state index >= 15 is 0 Å². The fourth-order valence-electron chi connectivity index (χ4n) is 6.98. The molecule has 6 atom stereocenters. The Bertz CT molecular complexity index is 585. The number of allylic oxidation sites excluding steroid dienone is 2. The molecule has 4 aliphatic rings. The number of rotatable bonds is 1. The Kier molecular flexibility index (Phi) is 3.43. The van der Waals surface area contributed by atoms with Crippen LogP contribution in [0.25, 0.3) is 0 Å². The van der Waals surface area contributed by atoms with Crippen molar-refractivity contribution >= 4 is 5.78 Å². The summed E-state index contributed by atoms with van der Waals surface area (Å²) in [7, 11) is 0. The second-order valence-electron chi connectivity index (χ2n) is 8.82. The van der Waals surface area contributed by atoms with Crippen molar-refractivity contribution < 1.29 is 9.90 Å². The number of hydrogen-bond acceptors (Lipinski definition) is 2. The molecular formula is C21H30O2. The third-order valence-electron chi connectivity index (χ3n) is 8.07. The SMILES string of the molecule is C=C1CC2(CC)C(CC[C@]2(C)O)C2CCC3=CC(=O)CCC3C12. The molecule has 126 valence electrons. The summed E-state index contributed by atoms with van der Waals surface area (Å²) in [6, 6.07) is 0. The predicted octanol–water partition coefficient (Wildman–Crippen LogP) is 4.44. The van der Waals surface area contributed by atoms with Gasteiger partial charge in [0.05, 0.1) is 5.60 Å². The van der Waals surface area contributed by atoms with E-state index in [9.17, 15) is 9.90 Å². The minimum atomic E-state index is -0.543. The van der Waals surface area contributed by atoms with Gasteiger partial charge in [-0.05, 0) is 81.6 Å². The maximum atomic E-state index is 11.8. The molecule has 4 rings (SSSR count). The molecule has 3 saturated carbocycles. The standard InChI is InChI=1S/C21H30O2/c1-4-21-12-13(2)19-16-8-6-15(22)11-14(16)5-7-17(19)18(21)9-10-20(21,3)23/h11,16-19,23H,2,4-10,12H2,1,3H3/t16?,17?,18?,19?,20-,21?/m0/s1. The van der Waals surface area contributed by atoms with Crippen LogP contribution in [-0.2, 0) is 4.79 Å². The Morgan fingerprint density at radius 2 is 2.09 bits per heavy atom. The van der Waals surface area contributed by atoms with Crippen LogP contribution in [0.1, 0.15) is 65.2 Å². The van der Waals surface area contributed by atoms with Crippen LogP contribution in [-0.4, -0.2) is 16.5 Å². The van der Waals surface area contributed by atoms with Gasteiger partial charge in [-0.15, -0.1) is 0 Å². The number of carbonyl (C=O) groups is 1. The van der Waals surface area contributed by atoms with Crippen molar-refractivity contribution in [1.29, 1.82) is 0 Å². The smallest absolute Gasteiger partial charge is 0.155 e. The first-order valence-corrected chi connectivity index (χ1v) is 9.53. The summed E-state index contributed by atoms with van der Waals surface area (Å²) in [4.78, 5) is 11.8. The number of fused-ring (bicyclic) bond motifs is 5. The normalized spacial score (nSPS) is 49.3. The van der Waals surface area contributed by atoms with E-state index in [-0.39, 0.29) is 5.41 Å². The summed E-state index contributed by atoms with van der Waals surface area (Å²) >= 11 is 0. The summed E-state index contributed by atoms with van der Waals surface area (Å²) in [5.74, 6) is 2.74. The summed E-state index contributed by atoms with van der Waals surface area (Å²) < 4.78 is 0. The van der Waals surface area contributed by atoms with Crippen LogP contribution in [0.3, 0.4) is 0 Å². The predicted molar refractivity (Wildman–Crippen MR) is 91.9 cm³/mol. The van der Waals surface area contributed by atoms with Crippen LogP contribution in [0.4, 0.5) is 0 Å². The van der Waals surface area contributed by atoms with Crippen LogP contribution in [0.2, 0.25) is 0 Å². The lowest BCUT2D eigenvalue weighted by Gasteiger charge is -2.57. The molecule has 4 aliphatic carbocycles. The van der Waals surface area contributed by atoms with E-state index < -0.39 is 5.60 Å². The molecule has 0 heterocycles. The lowest BCUT2D eigenvalue weighted by atomic mass is 9.48. The zero-order valence-electron chi connectivity index (χ0n) is 14.6. The molecule has 2 heteroatoms. The molecule has 1 N–H and O–H groups in total. The minimum absolute atomic E-state index is 0.0386. The molecule has 0 aliphatic heterocycles. The molecule has 3 fully saturated rings. The molecule has 0 radical (unpaired) electrons. The van der Waals surface area contributed by atoms with E-state index in [0.29, 0.717) is 35.9 Å². The molecule has 0 aromatic heterocycles. The lowest BCUT2D eigenvalue weighted by molar-refractivity contribution is -0.116. The summed E-state index contributed by atoms with van der Waals surface area (Å²) in [5.41, 5.74) is 2.26. The maximum absolute atomic E-state index is 11.8. The highest BCUT2D eigenvalue weighted by molar-refractivity contribution is 5.91. The van der Waals surface area contributed by atoms with Crippen molar-refractivity contribution in [1.82, 2.24) is 0 Å². The molecule has 23 heavy (non-hydrogen) atoms. The average molecular weight is 314 g/mol. The van der Waals surface area contributed by atoms with E-state index in [0.717, 1.165) is 32.1 Å². The van der Waals surface area contributed by atoms with Crippen LogP contribution in [0, 0.1) is 29.1 Å². The Morgan fingerprint density at radius 1 is 1.30 bits per heavy atom. The quantitative estimate of drug-likeness (QED) is 0.727. The van der Waals surface area contributed by atoms with Gasteiger partial charge in [0, 0.05) is 11.8 Å². The van der Waals surface area contributed by atoms with Gasteiger partial charge in [-0.2, -0.15) is 0 Å². The highest BCUT2D eigenvalue weighted by atomic mass is 16.3. The Balaban J connectivity index is 1.72. The number of ketones is 1. The van der Waals surface area contributed by atoms with Gasteiger partial charge < -0.3 is 5.11 Å². The van der Waals surface area contributed by atoms with Crippen molar-refractivity contribution in [2.75, 3.05) is 0 Å². The second-order valence-corrected chi connectivity index (χ2v) is 8.82. The fourth-order valence-corrected chi connectivity index (χ4v) is 6.98. The van der Waals surface area contributed by atoms with Crippen molar-refractivity contribution in [2.24, 2.45) is 29.1 Å². The van der Waals surface area contributed by atoms with Crippen molar-refractivity contribution in [2.45, 2.75) is 70.8 Å². The molecule has 0 bridgehead atoms. The first-order valence-electron chi connectivity index (χ1n) is 9.53. The molecule has 0 aromatic rings. The fraction of sp³-hybridized carbons (Fsp3) is 0.762.